The molecule has 4 rings (SSSR count). The molecule has 1 N–H and O–H groups in total. The van der Waals surface area contributed by atoms with Crippen molar-refractivity contribution in [3.05, 3.63) is 99.5 Å². The highest BCUT2D eigenvalue weighted by molar-refractivity contribution is 7.13. The third-order valence-corrected chi connectivity index (χ3v) is 6.10. The molecule has 0 aliphatic heterocycles. The summed E-state index contributed by atoms with van der Waals surface area (Å²) < 4.78 is 0. The first kappa shape index (κ1) is 19.6. The van der Waals surface area contributed by atoms with Gasteiger partial charge in [-0.05, 0) is 58.5 Å². The molecule has 0 fully saturated rings. The Morgan fingerprint density at radius 1 is 0.931 bits per heavy atom. The molecule has 1 amide bonds. The van der Waals surface area contributed by atoms with Gasteiger partial charge in [-0.15, -0.1) is 11.3 Å². The van der Waals surface area contributed by atoms with Crippen molar-refractivity contribution < 1.29 is 4.79 Å². The minimum Gasteiger partial charge on any atom is -0.348 e. The Hall–Kier alpha value is -2.66. The average molecular weight is 439 g/mol. The number of halogens is 2. The van der Waals surface area contributed by atoms with Gasteiger partial charge in [-0.1, -0.05) is 53.5 Å². The molecule has 2 aromatic carbocycles. The summed E-state index contributed by atoms with van der Waals surface area (Å²) in [7, 11) is 0. The number of pyridine rings is 1. The van der Waals surface area contributed by atoms with Gasteiger partial charge < -0.3 is 5.32 Å². The number of rotatable bonds is 5. The van der Waals surface area contributed by atoms with Crippen molar-refractivity contribution >= 4 is 40.4 Å². The molecule has 0 saturated heterocycles. The fourth-order valence-electron chi connectivity index (χ4n) is 2.98. The molecule has 6 heteroatoms. The van der Waals surface area contributed by atoms with E-state index in [1.165, 1.54) is 0 Å². The van der Waals surface area contributed by atoms with Crippen LogP contribution in [-0.2, 0) is 6.54 Å². The number of aromatic nitrogens is 1. The highest BCUT2D eigenvalue weighted by Gasteiger charge is 2.10. The van der Waals surface area contributed by atoms with Gasteiger partial charge in [0.05, 0.1) is 20.6 Å². The van der Waals surface area contributed by atoms with Crippen LogP contribution in [0, 0.1) is 0 Å². The number of hydrogen-bond donors (Lipinski definition) is 1. The Bertz CT molecular complexity index is 1140. The molecule has 0 spiro atoms. The van der Waals surface area contributed by atoms with Crippen molar-refractivity contribution in [2.75, 3.05) is 0 Å². The molecule has 2 heterocycles. The van der Waals surface area contributed by atoms with Crippen molar-refractivity contribution in [2.24, 2.45) is 0 Å². The largest absolute Gasteiger partial charge is 0.348 e. The smallest absolute Gasteiger partial charge is 0.251 e. The van der Waals surface area contributed by atoms with Crippen molar-refractivity contribution in [1.29, 1.82) is 0 Å². The number of hydrogen-bond acceptors (Lipinski definition) is 3. The minimum atomic E-state index is -0.133. The third kappa shape index (κ3) is 4.51. The van der Waals surface area contributed by atoms with Gasteiger partial charge >= 0.3 is 0 Å². The Balaban J connectivity index is 1.47. The zero-order valence-electron chi connectivity index (χ0n) is 15.2. The molecule has 0 aliphatic rings. The van der Waals surface area contributed by atoms with Gasteiger partial charge in [0.2, 0.25) is 0 Å². The fourth-order valence-corrected chi connectivity index (χ4v) is 4.04. The second-order valence-electron chi connectivity index (χ2n) is 6.38. The summed E-state index contributed by atoms with van der Waals surface area (Å²) in [5.74, 6) is -0.133. The van der Waals surface area contributed by atoms with Gasteiger partial charge in [-0.3, -0.25) is 9.78 Å². The predicted molar refractivity (Wildman–Crippen MR) is 121 cm³/mol. The molecule has 144 valence electrons. The molecular weight excluding hydrogens is 423 g/mol. The highest BCUT2D eigenvalue weighted by atomic mass is 35.5. The summed E-state index contributed by atoms with van der Waals surface area (Å²) in [6.07, 6.45) is 1.77. The maximum Gasteiger partial charge on any atom is 0.251 e. The van der Waals surface area contributed by atoms with E-state index in [1.807, 2.05) is 53.9 Å². The van der Waals surface area contributed by atoms with E-state index < -0.39 is 0 Å². The molecule has 0 atom stereocenters. The number of nitrogens with one attached hydrogen (secondary N) is 1. The van der Waals surface area contributed by atoms with Crippen LogP contribution in [0.3, 0.4) is 0 Å². The van der Waals surface area contributed by atoms with Crippen molar-refractivity contribution in [2.45, 2.75) is 6.54 Å². The van der Waals surface area contributed by atoms with Crippen LogP contribution < -0.4 is 5.32 Å². The lowest BCUT2D eigenvalue weighted by Gasteiger charge is -2.10. The van der Waals surface area contributed by atoms with Gasteiger partial charge in [-0.25, -0.2) is 0 Å². The van der Waals surface area contributed by atoms with Crippen molar-refractivity contribution in [1.82, 2.24) is 10.3 Å². The Labute approximate surface area is 183 Å². The van der Waals surface area contributed by atoms with Crippen LogP contribution in [0.5, 0.6) is 0 Å². The first-order chi connectivity index (χ1) is 14.1. The lowest BCUT2D eigenvalue weighted by molar-refractivity contribution is 0.0951. The molecule has 3 nitrogen and oxygen atoms in total. The van der Waals surface area contributed by atoms with E-state index in [0.717, 1.165) is 27.3 Å². The summed E-state index contributed by atoms with van der Waals surface area (Å²) in [6, 6.07) is 20.8. The predicted octanol–water partition coefficient (Wildman–Crippen LogP) is 6.71. The number of nitrogens with zero attached hydrogens (tertiary/aromatic N) is 1. The summed E-state index contributed by atoms with van der Waals surface area (Å²) in [5.41, 5.74) is 4.39. The zero-order valence-corrected chi connectivity index (χ0v) is 17.6. The summed E-state index contributed by atoms with van der Waals surface area (Å²) in [4.78, 5) is 18.1. The maximum atomic E-state index is 12.6. The maximum absolute atomic E-state index is 12.6. The second kappa shape index (κ2) is 8.78. The van der Waals surface area contributed by atoms with Crippen LogP contribution in [0.25, 0.3) is 21.7 Å². The van der Waals surface area contributed by atoms with Crippen LogP contribution in [-0.4, -0.2) is 10.9 Å². The number of benzene rings is 2. The molecular formula is C23H16Cl2N2OS. The first-order valence-electron chi connectivity index (χ1n) is 8.93. The van der Waals surface area contributed by atoms with Crippen LogP contribution in [0.4, 0.5) is 0 Å². The zero-order chi connectivity index (χ0) is 20.2. The van der Waals surface area contributed by atoms with E-state index in [2.05, 4.69) is 10.3 Å². The van der Waals surface area contributed by atoms with E-state index >= 15 is 0 Å². The Kier molecular flexibility index (Phi) is 5.95. The summed E-state index contributed by atoms with van der Waals surface area (Å²) >= 11 is 13.7. The molecule has 0 saturated carbocycles. The molecule has 2 aromatic heterocycles. The molecule has 29 heavy (non-hydrogen) atoms. The van der Waals surface area contributed by atoms with E-state index in [-0.39, 0.29) is 5.91 Å². The molecule has 0 unspecified atom stereocenters. The minimum absolute atomic E-state index is 0.133. The molecule has 0 aliphatic carbocycles. The van der Waals surface area contributed by atoms with Gasteiger partial charge in [-0.2, -0.15) is 0 Å². The van der Waals surface area contributed by atoms with Crippen LogP contribution in [0.2, 0.25) is 10.0 Å². The Morgan fingerprint density at radius 2 is 1.72 bits per heavy atom. The van der Waals surface area contributed by atoms with Gasteiger partial charge in [0, 0.05) is 18.3 Å². The normalized spacial score (nSPS) is 10.7. The quantitative estimate of drug-likeness (QED) is 0.375. The van der Waals surface area contributed by atoms with E-state index in [1.54, 1.807) is 35.7 Å². The molecule has 4 aromatic rings. The van der Waals surface area contributed by atoms with Crippen LogP contribution in [0.15, 0.2) is 78.3 Å². The van der Waals surface area contributed by atoms with Crippen LogP contribution in [0.1, 0.15) is 15.9 Å². The number of carbonyl (C=O) groups is 1. The number of carbonyl (C=O) groups excluding carboxylic acids is 1. The SMILES string of the molecule is O=C(NCc1cccnc1-c1cccs1)c1ccc(-c2ccc(Cl)c(Cl)c2)cc1. The third-order valence-electron chi connectivity index (χ3n) is 4.49. The van der Waals surface area contributed by atoms with E-state index in [9.17, 15) is 4.79 Å². The lowest BCUT2D eigenvalue weighted by Crippen LogP contribution is -2.23. The monoisotopic (exact) mass is 438 g/mol. The molecule has 0 radical (unpaired) electrons. The van der Waals surface area contributed by atoms with E-state index in [0.29, 0.717) is 22.2 Å². The highest BCUT2D eigenvalue weighted by Crippen LogP contribution is 2.29. The second-order valence-corrected chi connectivity index (χ2v) is 8.14. The standard InChI is InChI=1S/C23H16Cl2N2OS/c24-19-10-9-17(13-20(19)25)15-5-7-16(8-6-15)23(28)27-14-18-3-1-11-26-22(18)21-4-2-12-29-21/h1-13H,14H2,(H,27,28). The van der Waals surface area contributed by atoms with Crippen LogP contribution >= 0.6 is 34.5 Å². The van der Waals surface area contributed by atoms with Crippen molar-refractivity contribution in [3.63, 3.8) is 0 Å². The Morgan fingerprint density at radius 3 is 2.45 bits per heavy atom. The topological polar surface area (TPSA) is 42.0 Å². The van der Waals surface area contributed by atoms with Gasteiger partial charge in [0.15, 0.2) is 0 Å². The first-order valence-corrected chi connectivity index (χ1v) is 10.6. The van der Waals surface area contributed by atoms with Gasteiger partial charge in [0.1, 0.15) is 0 Å². The van der Waals surface area contributed by atoms with Crippen molar-refractivity contribution in [3.8, 4) is 21.7 Å². The van der Waals surface area contributed by atoms with E-state index in [4.69, 9.17) is 23.2 Å². The van der Waals surface area contributed by atoms with Gasteiger partial charge in [0.25, 0.3) is 5.91 Å². The number of thiophene rings is 1. The lowest BCUT2D eigenvalue weighted by atomic mass is 10.0. The fraction of sp³-hybridized carbons (Fsp3) is 0.0435. The summed E-state index contributed by atoms with van der Waals surface area (Å²) in [6.45, 7) is 0.411. The summed E-state index contributed by atoms with van der Waals surface area (Å²) in [5, 5.41) is 6.02. The number of amides is 1. The average Bonchev–Trinajstić information content (AvgIpc) is 3.29. The molecule has 0 bridgehead atoms.